The van der Waals surface area contributed by atoms with Crippen LogP contribution in [0.15, 0.2) is 0 Å². The summed E-state index contributed by atoms with van der Waals surface area (Å²) in [6.07, 6.45) is -0.316. The van der Waals surface area contributed by atoms with E-state index in [4.69, 9.17) is 14.2 Å². The van der Waals surface area contributed by atoms with Crippen molar-refractivity contribution >= 4 is 0 Å². The van der Waals surface area contributed by atoms with E-state index in [1.54, 1.807) is 14.2 Å². The van der Waals surface area contributed by atoms with Crippen molar-refractivity contribution in [3.8, 4) is 0 Å². The molecule has 5 heteroatoms. The second-order valence-electron chi connectivity index (χ2n) is 3.79. The summed E-state index contributed by atoms with van der Waals surface area (Å²) in [4.78, 5) is 0. The van der Waals surface area contributed by atoms with Crippen molar-refractivity contribution in [2.75, 3.05) is 40.6 Å². The van der Waals surface area contributed by atoms with Crippen molar-refractivity contribution in [2.45, 2.75) is 12.2 Å². The maximum absolute atomic E-state index is 9.30. The lowest BCUT2D eigenvalue weighted by Crippen LogP contribution is -2.50. The van der Waals surface area contributed by atoms with Crippen molar-refractivity contribution in [1.29, 1.82) is 0 Å². The molecule has 15 heavy (non-hydrogen) atoms. The fourth-order valence-corrected chi connectivity index (χ4v) is 2.10. The summed E-state index contributed by atoms with van der Waals surface area (Å²) in [5.74, 6) is -0.220. The first-order valence-corrected chi connectivity index (χ1v) is 5.13. The Bertz CT molecular complexity index is 175. The number of aliphatic hydroxyl groups excluding tert-OH is 2. The van der Waals surface area contributed by atoms with Crippen LogP contribution in [0.3, 0.4) is 0 Å². The summed E-state index contributed by atoms with van der Waals surface area (Å²) in [5, 5.41) is 18.6. The first kappa shape index (κ1) is 12.9. The second-order valence-corrected chi connectivity index (χ2v) is 3.79. The lowest BCUT2D eigenvalue weighted by atomic mass is 9.82. The molecule has 0 aliphatic carbocycles. The highest BCUT2D eigenvalue weighted by Crippen LogP contribution is 2.28. The molecule has 1 saturated heterocycles. The molecule has 0 aromatic rings. The molecule has 1 aliphatic heterocycles. The topological polar surface area (TPSA) is 68.2 Å². The Morgan fingerprint density at radius 2 is 1.87 bits per heavy atom. The van der Waals surface area contributed by atoms with Gasteiger partial charge in [-0.05, 0) is 0 Å². The van der Waals surface area contributed by atoms with Gasteiger partial charge in [-0.2, -0.15) is 0 Å². The number of aliphatic hydroxyl groups is 2. The summed E-state index contributed by atoms with van der Waals surface area (Å²) in [6.45, 7) is 0.830. The maximum atomic E-state index is 9.30. The van der Waals surface area contributed by atoms with Crippen LogP contribution in [0, 0.1) is 11.8 Å². The van der Waals surface area contributed by atoms with Crippen LogP contribution in [0.2, 0.25) is 0 Å². The number of ether oxygens (including phenoxy) is 3. The van der Waals surface area contributed by atoms with Gasteiger partial charge in [-0.3, -0.25) is 0 Å². The van der Waals surface area contributed by atoms with Gasteiger partial charge in [-0.1, -0.05) is 0 Å². The Morgan fingerprint density at radius 1 is 1.20 bits per heavy atom. The van der Waals surface area contributed by atoms with Crippen LogP contribution in [0.4, 0.5) is 0 Å². The first-order valence-electron chi connectivity index (χ1n) is 5.13. The van der Waals surface area contributed by atoms with Crippen LogP contribution >= 0.6 is 0 Å². The fraction of sp³-hybridized carbons (Fsp3) is 1.00. The van der Waals surface area contributed by atoms with Gasteiger partial charge >= 0.3 is 0 Å². The Labute approximate surface area is 89.9 Å². The normalized spacial score (nSPS) is 36.8. The standard InChI is InChI=1S/C10H20O5/c1-13-5-10-8(4-12)7(3-11)9(14-2)6-15-10/h7-12H,3-6H2,1-2H3. The molecule has 1 heterocycles. The summed E-state index contributed by atoms with van der Waals surface area (Å²) >= 11 is 0. The van der Waals surface area contributed by atoms with Crippen LogP contribution < -0.4 is 0 Å². The number of rotatable bonds is 5. The van der Waals surface area contributed by atoms with Gasteiger partial charge in [0.15, 0.2) is 0 Å². The highest BCUT2D eigenvalue weighted by Gasteiger charge is 2.39. The summed E-state index contributed by atoms with van der Waals surface area (Å²) in [7, 11) is 3.18. The van der Waals surface area contributed by atoms with Crippen LogP contribution in [0.5, 0.6) is 0 Å². The van der Waals surface area contributed by atoms with Crippen LogP contribution in [-0.4, -0.2) is 63.1 Å². The van der Waals surface area contributed by atoms with Gasteiger partial charge in [0, 0.05) is 39.3 Å². The third-order valence-corrected chi connectivity index (χ3v) is 3.03. The smallest absolute Gasteiger partial charge is 0.0864 e. The van der Waals surface area contributed by atoms with E-state index in [0.717, 1.165) is 0 Å². The molecule has 0 spiro atoms. The van der Waals surface area contributed by atoms with E-state index < -0.39 is 0 Å². The van der Waals surface area contributed by atoms with Crippen molar-refractivity contribution in [1.82, 2.24) is 0 Å². The highest BCUT2D eigenvalue weighted by atomic mass is 16.6. The van der Waals surface area contributed by atoms with E-state index in [1.165, 1.54) is 0 Å². The predicted octanol–water partition coefficient (Wildman–Crippen LogP) is -0.736. The highest BCUT2D eigenvalue weighted by molar-refractivity contribution is 4.86. The molecule has 4 unspecified atom stereocenters. The Kier molecular flexibility index (Phi) is 5.49. The van der Waals surface area contributed by atoms with Crippen LogP contribution in [0.1, 0.15) is 0 Å². The fourth-order valence-electron chi connectivity index (χ4n) is 2.10. The van der Waals surface area contributed by atoms with E-state index >= 15 is 0 Å². The molecule has 90 valence electrons. The number of hydrogen-bond acceptors (Lipinski definition) is 5. The second kappa shape index (κ2) is 6.40. The van der Waals surface area contributed by atoms with Crippen molar-refractivity contribution in [2.24, 2.45) is 11.8 Å². The van der Waals surface area contributed by atoms with Gasteiger partial charge in [0.25, 0.3) is 0 Å². The maximum Gasteiger partial charge on any atom is 0.0864 e. The molecule has 0 bridgehead atoms. The zero-order valence-corrected chi connectivity index (χ0v) is 9.26. The Hall–Kier alpha value is -0.200. The molecule has 0 amide bonds. The average Bonchev–Trinajstić information content (AvgIpc) is 2.28. The molecule has 1 rings (SSSR count). The Morgan fingerprint density at radius 3 is 2.33 bits per heavy atom. The van der Waals surface area contributed by atoms with Crippen molar-refractivity contribution < 1.29 is 24.4 Å². The van der Waals surface area contributed by atoms with E-state index in [2.05, 4.69) is 0 Å². The van der Waals surface area contributed by atoms with E-state index in [-0.39, 0.29) is 37.3 Å². The van der Waals surface area contributed by atoms with E-state index in [1.807, 2.05) is 0 Å². The molecule has 0 saturated carbocycles. The van der Waals surface area contributed by atoms with Gasteiger partial charge in [-0.15, -0.1) is 0 Å². The molecule has 1 fully saturated rings. The molecule has 0 aromatic heterocycles. The van der Waals surface area contributed by atoms with Gasteiger partial charge in [-0.25, -0.2) is 0 Å². The van der Waals surface area contributed by atoms with Gasteiger partial charge in [0.2, 0.25) is 0 Å². The summed E-state index contributed by atoms with van der Waals surface area (Å²) in [5.41, 5.74) is 0. The lowest BCUT2D eigenvalue weighted by Gasteiger charge is -2.40. The third-order valence-electron chi connectivity index (χ3n) is 3.03. The minimum absolute atomic E-state index is 0.00664. The number of hydrogen-bond donors (Lipinski definition) is 2. The van der Waals surface area contributed by atoms with E-state index in [0.29, 0.717) is 13.2 Å². The third kappa shape index (κ3) is 2.89. The molecule has 4 atom stereocenters. The Balaban J connectivity index is 2.65. The quantitative estimate of drug-likeness (QED) is 0.639. The molecular weight excluding hydrogens is 200 g/mol. The van der Waals surface area contributed by atoms with Crippen LogP contribution in [-0.2, 0) is 14.2 Å². The summed E-state index contributed by atoms with van der Waals surface area (Å²) in [6, 6.07) is 0. The minimum Gasteiger partial charge on any atom is -0.396 e. The minimum atomic E-state index is -0.163. The SMILES string of the molecule is COCC1OCC(OC)C(CO)C1CO. The zero-order chi connectivity index (χ0) is 11.3. The molecular formula is C10H20O5. The lowest BCUT2D eigenvalue weighted by molar-refractivity contribution is -0.170. The van der Waals surface area contributed by atoms with E-state index in [9.17, 15) is 10.2 Å². The van der Waals surface area contributed by atoms with Crippen molar-refractivity contribution in [3.63, 3.8) is 0 Å². The average molecular weight is 220 g/mol. The van der Waals surface area contributed by atoms with Crippen molar-refractivity contribution in [3.05, 3.63) is 0 Å². The first-order chi connectivity index (χ1) is 7.28. The zero-order valence-electron chi connectivity index (χ0n) is 9.26. The molecule has 0 radical (unpaired) electrons. The molecule has 2 N–H and O–H groups in total. The molecule has 1 aliphatic rings. The predicted molar refractivity (Wildman–Crippen MR) is 53.6 cm³/mol. The molecule has 0 aromatic carbocycles. The van der Waals surface area contributed by atoms with Crippen LogP contribution in [0.25, 0.3) is 0 Å². The molecule has 5 nitrogen and oxygen atoms in total. The van der Waals surface area contributed by atoms with Gasteiger partial charge in [0.05, 0.1) is 25.4 Å². The largest absolute Gasteiger partial charge is 0.396 e. The number of methoxy groups -OCH3 is 2. The summed E-state index contributed by atoms with van der Waals surface area (Å²) < 4.78 is 15.8. The monoisotopic (exact) mass is 220 g/mol. The van der Waals surface area contributed by atoms with Gasteiger partial charge in [0.1, 0.15) is 0 Å². The van der Waals surface area contributed by atoms with Gasteiger partial charge < -0.3 is 24.4 Å².